The van der Waals surface area contributed by atoms with Crippen LogP contribution >= 0.6 is 24.0 Å². The summed E-state index contributed by atoms with van der Waals surface area (Å²) in [6.07, 6.45) is 0. The standard InChI is InChI=1S/C14H27N5O.HI/c1-8-15-12(18-14(5,6)7)16-9-10-17-11(20-19-10)13(2,3)4;/h8-9H2,1-7H3,(H2,15,16,18);1H. The van der Waals surface area contributed by atoms with Crippen LogP contribution in [0.3, 0.4) is 0 Å². The van der Waals surface area contributed by atoms with E-state index in [0.29, 0.717) is 18.3 Å². The molecule has 1 aromatic heterocycles. The lowest BCUT2D eigenvalue weighted by Gasteiger charge is -2.23. The minimum Gasteiger partial charge on any atom is -0.357 e. The van der Waals surface area contributed by atoms with E-state index in [1.54, 1.807) is 0 Å². The number of guanidine groups is 1. The lowest BCUT2D eigenvalue weighted by molar-refractivity contribution is 0.318. The fourth-order valence-electron chi connectivity index (χ4n) is 1.43. The molecule has 0 saturated heterocycles. The van der Waals surface area contributed by atoms with Gasteiger partial charge in [-0.25, -0.2) is 4.99 Å². The number of rotatable bonds is 3. The molecular weight excluding hydrogens is 381 g/mol. The predicted molar refractivity (Wildman–Crippen MR) is 96.1 cm³/mol. The highest BCUT2D eigenvalue weighted by Crippen LogP contribution is 2.19. The minimum absolute atomic E-state index is 0. The average Bonchev–Trinajstić information content (AvgIpc) is 2.72. The second-order valence-electron chi connectivity index (χ2n) is 6.84. The summed E-state index contributed by atoms with van der Waals surface area (Å²) in [5.41, 5.74) is -0.183. The summed E-state index contributed by atoms with van der Waals surface area (Å²) in [6, 6.07) is 0. The molecule has 2 N–H and O–H groups in total. The van der Waals surface area contributed by atoms with Crippen LogP contribution in [0.25, 0.3) is 0 Å². The fraction of sp³-hybridized carbons (Fsp3) is 0.786. The molecule has 6 nitrogen and oxygen atoms in total. The maximum absolute atomic E-state index is 5.25. The lowest BCUT2D eigenvalue weighted by Crippen LogP contribution is -2.47. The third-order valence-electron chi connectivity index (χ3n) is 2.33. The zero-order chi connectivity index (χ0) is 15.4. The molecule has 122 valence electrons. The van der Waals surface area contributed by atoms with E-state index in [2.05, 4.69) is 46.5 Å². The van der Waals surface area contributed by atoms with Crippen molar-refractivity contribution in [3.8, 4) is 0 Å². The van der Waals surface area contributed by atoms with Crippen molar-refractivity contribution in [3.63, 3.8) is 0 Å². The van der Waals surface area contributed by atoms with Crippen LogP contribution in [0.15, 0.2) is 9.52 Å². The number of nitrogens with one attached hydrogen (secondary N) is 2. The van der Waals surface area contributed by atoms with Crippen molar-refractivity contribution < 1.29 is 4.52 Å². The largest absolute Gasteiger partial charge is 0.357 e. The Morgan fingerprint density at radius 1 is 1.19 bits per heavy atom. The van der Waals surface area contributed by atoms with Crippen molar-refractivity contribution >= 4 is 29.9 Å². The van der Waals surface area contributed by atoms with Gasteiger partial charge in [0.2, 0.25) is 5.89 Å². The van der Waals surface area contributed by atoms with E-state index in [1.807, 2.05) is 27.7 Å². The van der Waals surface area contributed by atoms with Gasteiger partial charge in [0.25, 0.3) is 0 Å². The van der Waals surface area contributed by atoms with E-state index in [0.717, 1.165) is 12.5 Å². The van der Waals surface area contributed by atoms with E-state index in [4.69, 9.17) is 4.52 Å². The van der Waals surface area contributed by atoms with Gasteiger partial charge in [-0.15, -0.1) is 24.0 Å². The zero-order valence-corrected chi connectivity index (χ0v) is 16.4. The fourth-order valence-corrected chi connectivity index (χ4v) is 1.43. The first-order valence-electron chi connectivity index (χ1n) is 7.01. The van der Waals surface area contributed by atoms with Gasteiger partial charge in [0.05, 0.1) is 0 Å². The molecule has 7 heteroatoms. The first kappa shape index (κ1) is 20.1. The number of hydrogen-bond acceptors (Lipinski definition) is 4. The summed E-state index contributed by atoms with van der Waals surface area (Å²) in [5.74, 6) is 1.99. The van der Waals surface area contributed by atoms with Gasteiger partial charge < -0.3 is 15.2 Å². The zero-order valence-electron chi connectivity index (χ0n) is 14.1. The molecule has 0 radical (unpaired) electrons. The smallest absolute Gasteiger partial charge is 0.232 e. The van der Waals surface area contributed by atoms with Crippen LogP contribution in [-0.2, 0) is 12.0 Å². The van der Waals surface area contributed by atoms with Gasteiger partial charge in [-0.2, -0.15) is 4.98 Å². The number of aromatic nitrogens is 2. The lowest BCUT2D eigenvalue weighted by atomic mass is 9.97. The quantitative estimate of drug-likeness (QED) is 0.456. The highest BCUT2D eigenvalue weighted by Gasteiger charge is 2.21. The van der Waals surface area contributed by atoms with Gasteiger partial charge in [-0.1, -0.05) is 25.9 Å². The highest BCUT2D eigenvalue weighted by atomic mass is 127. The minimum atomic E-state index is -0.136. The highest BCUT2D eigenvalue weighted by molar-refractivity contribution is 14.0. The molecule has 0 saturated carbocycles. The Balaban J connectivity index is 0.00000400. The van der Waals surface area contributed by atoms with Gasteiger partial charge in [0.1, 0.15) is 6.54 Å². The number of nitrogens with zero attached hydrogens (tertiary/aromatic N) is 3. The summed E-state index contributed by atoms with van der Waals surface area (Å²) in [6.45, 7) is 15.6. The Morgan fingerprint density at radius 2 is 1.81 bits per heavy atom. The van der Waals surface area contributed by atoms with Crippen molar-refractivity contribution in [2.45, 2.75) is 66.0 Å². The van der Waals surface area contributed by atoms with Crippen LogP contribution in [0.2, 0.25) is 0 Å². The molecule has 0 spiro atoms. The summed E-state index contributed by atoms with van der Waals surface area (Å²) >= 11 is 0. The maximum Gasteiger partial charge on any atom is 0.232 e. The van der Waals surface area contributed by atoms with Gasteiger partial charge >= 0.3 is 0 Å². The van der Waals surface area contributed by atoms with E-state index < -0.39 is 0 Å². The molecule has 0 aliphatic heterocycles. The van der Waals surface area contributed by atoms with Crippen LogP contribution in [0.5, 0.6) is 0 Å². The number of aliphatic imine (C=N–C) groups is 1. The topological polar surface area (TPSA) is 75.3 Å². The van der Waals surface area contributed by atoms with Crippen molar-refractivity contribution in [2.24, 2.45) is 4.99 Å². The molecule has 1 heterocycles. The Hall–Kier alpha value is -0.860. The first-order valence-corrected chi connectivity index (χ1v) is 7.01. The van der Waals surface area contributed by atoms with Crippen LogP contribution in [0.1, 0.15) is 60.2 Å². The van der Waals surface area contributed by atoms with E-state index in [1.165, 1.54) is 0 Å². The number of halogens is 1. The van der Waals surface area contributed by atoms with Crippen LogP contribution < -0.4 is 10.6 Å². The maximum atomic E-state index is 5.25. The Morgan fingerprint density at radius 3 is 2.24 bits per heavy atom. The van der Waals surface area contributed by atoms with Crippen molar-refractivity contribution in [1.82, 2.24) is 20.8 Å². The molecular formula is C14H28IN5O. The monoisotopic (exact) mass is 409 g/mol. The first-order chi connectivity index (χ1) is 9.12. The Kier molecular flexibility index (Phi) is 7.63. The molecule has 1 aromatic rings. The molecule has 0 aliphatic rings. The van der Waals surface area contributed by atoms with Gasteiger partial charge in [0.15, 0.2) is 11.8 Å². The molecule has 0 fully saturated rings. The molecule has 0 amide bonds. The van der Waals surface area contributed by atoms with Crippen LogP contribution in [0.4, 0.5) is 0 Å². The summed E-state index contributed by atoms with van der Waals surface area (Å²) in [5, 5.41) is 10.5. The molecule has 21 heavy (non-hydrogen) atoms. The molecule has 0 atom stereocenters. The summed E-state index contributed by atoms with van der Waals surface area (Å²) in [7, 11) is 0. The Bertz CT molecular complexity index is 457. The van der Waals surface area contributed by atoms with Gasteiger partial charge in [-0.3, -0.25) is 0 Å². The summed E-state index contributed by atoms with van der Waals surface area (Å²) < 4.78 is 5.25. The molecule has 0 bridgehead atoms. The molecule has 1 rings (SSSR count). The molecule has 0 unspecified atom stereocenters. The SMILES string of the molecule is CCNC(=NCc1noc(C(C)(C)C)n1)NC(C)(C)C.I. The second kappa shape index (κ2) is 7.95. The van der Waals surface area contributed by atoms with Crippen LogP contribution in [-0.4, -0.2) is 28.2 Å². The van der Waals surface area contributed by atoms with Gasteiger partial charge in [-0.05, 0) is 27.7 Å². The predicted octanol–water partition coefficient (Wildman–Crippen LogP) is 2.84. The van der Waals surface area contributed by atoms with Crippen molar-refractivity contribution in [3.05, 3.63) is 11.7 Å². The van der Waals surface area contributed by atoms with E-state index in [-0.39, 0.29) is 34.9 Å². The van der Waals surface area contributed by atoms with Crippen LogP contribution in [0, 0.1) is 0 Å². The van der Waals surface area contributed by atoms with Crippen molar-refractivity contribution in [2.75, 3.05) is 6.54 Å². The third-order valence-corrected chi connectivity index (χ3v) is 2.33. The van der Waals surface area contributed by atoms with Crippen molar-refractivity contribution in [1.29, 1.82) is 0 Å². The normalized spacial score (nSPS) is 12.8. The second-order valence-corrected chi connectivity index (χ2v) is 6.84. The number of hydrogen-bond donors (Lipinski definition) is 2. The molecule has 0 aromatic carbocycles. The van der Waals surface area contributed by atoms with E-state index in [9.17, 15) is 0 Å². The summed E-state index contributed by atoms with van der Waals surface area (Å²) in [4.78, 5) is 8.84. The third kappa shape index (κ3) is 7.63. The molecule has 0 aliphatic carbocycles. The average molecular weight is 409 g/mol. The van der Waals surface area contributed by atoms with Gasteiger partial charge in [0, 0.05) is 17.5 Å². The van der Waals surface area contributed by atoms with E-state index >= 15 is 0 Å². The Labute approximate surface area is 144 Å².